The maximum absolute atomic E-state index is 13.7. The third kappa shape index (κ3) is 2.79. The van der Waals surface area contributed by atoms with Crippen LogP contribution in [-0.4, -0.2) is 36.3 Å². The summed E-state index contributed by atoms with van der Waals surface area (Å²) in [5, 5.41) is 0. The topological polar surface area (TPSA) is 46.6 Å². The van der Waals surface area contributed by atoms with Gasteiger partial charge in [0, 0.05) is 12.1 Å². The zero-order chi connectivity index (χ0) is 18.6. The van der Waals surface area contributed by atoms with Gasteiger partial charge in [0.2, 0.25) is 5.91 Å². The van der Waals surface area contributed by atoms with Crippen LogP contribution < -0.4 is 4.74 Å². The van der Waals surface area contributed by atoms with Crippen LogP contribution in [-0.2, 0) is 4.79 Å². The number of hydrogen-bond acceptors (Lipinski definition) is 3. The van der Waals surface area contributed by atoms with Crippen LogP contribution in [0.4, 0.5) is 0 Å². The fourth-order valence-electron chi connectivity index (χ4n) is 6.91. The second-order valence-corrected chi connectivity index (χ2v) is 9.45. The molecule has 144 valence electrons. The maximum atomic E-state index is 13.7. The van der Waals surface area contributed by atoms with Gasteiger partial charge in [-0.05, 0) is 93.4 Å². The molecule has 0 radical (unpaired) electrons. The molecule has 0 spiro atoms. The highest BCUT2D eigenvalue weighted by atomic mass is 16.5. The Bertz CT molecular complexity index is 718. The predicted octanol–water partition coefficient (Wildman–Crippen LogP) is 4.09. The minimum Gasteiger partial charge on any atom is -0.497 e. The number of Topliss-reactive ketones (excluding diaryl/α,β-unsaturated/α-hetero) is 1. The molecule has 1 heterocycles. The molecule has 27 heavy (non-hydrogen) atoms. The van der Waals surface area contributed by atoms with Crippen molar-refractivity contribution in [2.75, 3.05) is 13.7 Å². The molecule has 1 aromatic carbocycles. The second kappa shape index (κ2) is 6.35. The van der Waals surface area contributed by atoms with Gasteiger partial charge in [-0.1, -0.05) is 0 Å². The molecule has 1 amide bonds. The van der Waals surface area contributed by atoms with Crippen LogP contribution in [0.25, 0.3) is 0 Å². The lowest BCUT2D eigenvalue weighted by Crippen LogP contribution is -2.56. The lowest BCUT2D eigenvalue weighted by atomic mass is 9.49. The molecule has 5 aliphatic rings. The van der Waals surface area contributed by atoms with E-state index in [2.05, 4.69) is 0 Å². The van der Waals surface area contributed by atoms with Gasteiger partial charge in [-0.15, -0.1) is 0 Å². The Balaban J connectivity index is 1.37. The normalized spacial score (nSPS) is 36.9. The third-order valence-corrected chi connectivity index (χ3v) is 7.68. The molecule has 4 aliphatic carbocycles. The molecule has 4 heteroatoms. The molecule has 1 saturated heterocycles. The fraction of sp³-hybridized carbons (Fsp3) is 0.652. The first kappa shape index (κ1) is 17.3. The number of nitrogens with zero attached hydrogens (tertiary/aromatic N) is 1. The van der Waals surface area contributed by atoms with Crippen LogP contribution >= 0.6 is 0 Å². The molecule has 5 fully saturated rings. The average molecular weight is 367 g/mol. The number of likely N-dealkylation sites (tertiary alicyclic amines) is 1. The van der Waals surface area contributed by atoms with Crippen LogP contribution in [0, 0.1) is 23.2 Å². The molecule has 6 rings (SSSR count). The number of benzene rings is 1. The van der Waals surface area contributed by atoms with Gasteiger partial charge in [0.25, 0.3) is 0 Å². The van der Waals surface area contributed by atoms with Crippen LogP contribution in [0.3, 0.4) is 0 Å². The zero-order valence-corrected chi connectivity index (χ0v) is 16.2. The molecule has 4 nitrogen and oxygen atoms in total. The fourth-order valence-corrected chi connectivity index (χ4v) is 6.91. The summed E-state index contributed by atoms with van der Waals surface area (Å²) >= 11 is 0. The van der Waals surface area contributed by atoms with Crippen LogP contribution in [0.1, 0.15) is 61.7 Å². The van der Waals surface area contributed by atoms with Gasteiger partial charge in [-0.3, -0.25) is 9.59 Å². The van der Waals surface area contributed by atoms with Gasteiger partial charge in [0.15, 0.2) is 5.78 Å². The van der Waals surface area contributed by atoms with Crippen molar-refractivity contribution in [2.24, 2.45) is 23.2 Å². The number of methoxy groups -OCH3 is 1. The molecule has 4 bridgehead atoms. The number of ketones is 1. The van der Waals surface area contributed by atoms with Crippen molar-refractivity contribution >= 4 is 11.7 Å². The summed E-state index contributed by atoms with van der Waals surface area (Å²) in [7, 11) is 1.62. The van der Waals surface area contributed by atoms with Gasteiger partial charge >= 0.3 is 0 Å². The molecular weight excluding hydrogens is 338 g/mol. The van der Waals surface area contributed by atoms with Gasteiger partial charge in [0.1, 0.15) is 5.75 Å². The Morgan fingerprint density at radius 1 is 1.00 bits per heavy atom. The van der Waals surface area contributed by atoms with E-state index in [1.54, 1.807) is 7.11 Å². The van der Waals surface area contributed by atoms with E-state index in [0.717, 1.165) is 62.2 Å². The Morgan fingerprint density at radius 2 is 1.59 bits per heavy atom. The lowest BCUT2D eigenvalue weighted by Gasteiger charge is -2.56. The van der Waals surface area contributed by atoms with Crippen molar-refractivity contribution in [1.29, 1.82) is 0 Å². The molecule has 0 aromatic heterocycles. The number of carbonyl (C=O) groups is 2. The largest absolute Gasteiger partial charge is 0.497 e. The van der Waals surface area contributed by atoms with Crippen molar-refractivity contribution in [3.05, 3.63) is 29.8 Å². The van der Waals surface area contributed by atoms with Gasteiger partial charge in [0.05, 0.1) is 18.6 Å². The Labute approximate surface area is 161 Å². The van der Waals surface area contributed by atoms with Gasteiger partial charge in [-0.2, -0.15) is 0 Å². The molecule has 1 unspecified atom stereocenters. The Kier molecular flexibility index (Phi) is 4.06. The number of ether oxygens (including phenoxy) is 1. The molecule has 4 saturated carbocycles. The van der Waals surface area contributed by atoms with Crippen LogP contribution in [0.15, 0.2) is 24.3 Å². The van der Waals surface area contributed by atoms with Crippen molar-refractivity contribution in [2.45, 2.75) is 57.4 Å². The monoisotopic (exact) mass is 367 g/mol. The lowest BCUT2D eigenvalue weighted by molar-refractivity contribution is -0.157. The van der Waals surface area contributed by atoms with E-state index >= 15 is 0 Å². The van der Waals surface area contributed by atoms with Gasteiger partial charge in [-0.25, -0.2) is 0 Å². The SMILES string of the molecule is COc1ccc(C(=O)C2CCCN2C(=O)C23CC4CC(CC(C4)C2)C3)cc1. The summed E-state index contributed by atoms with van der Waals surface area (Å²) in [5.74, 6) is 3.38. The highest BCUT2D eigenvalue weighted by Crippen LogP contribution is 2.60. The average Bonchev–Trinajstić information content (AvgIpc) is 3.15. The molecule has 1 aliphatic heterocycles. The van der Waals surface area contributed by atoms with Crippen LogP contribution in [0.5, 0.6) is 5.75 Å². The Hall–Kier alpha value is -1.84. The predicted molar refractivity (Wildman–Crippen MR) is 103 cm³/mol. The van der Waals surface area contributed by atoms with Crippen LogP contribution in [0.2, 0.25) is 0 Å². The van der Waals surface area contributed by atoms with Crippen molar-refractivity contribution in [1.82, 2.24) is 4.90 Å². The Morgan fingerprint density at radius 3 is 2.15 bits per heavy atom. The second-order valence-electron chi connectivity index (χ2n) is 9.45. The number of rotatable bonds is 4. The molecular formula is C23H29NO3. The minimum atomic E-state index is -0.279. The van der Waals surface area contributed by atoms with E-state index in [4.69, 9.17) is 4.74 Å². The first-order chi connectivity index (χ1) is 13.1. The summed E-state index contributed by atoms with van der Waals surface area (Å²) in [4.78, 5) is 28.8. The summed E-state index contributed by atoms with van der Waals surface area (Å²) in [6, 6.07) is 7.03. The summed E-state index contributed by atoms with van der Waals surface area (Å²) in [6.45, 7) is 0.743. The van der Waals surface area contributed by atoms with E-state index < -0.39 is 0 Å². The summed E-state index contributed by atoms with van der Waals surface area (Å²) in [6.07, 6.45) is 8.93. The third-order valence-electron chi connectivity index (χ3n) is 7.68. The molecule has 1 atom stereocenters. The minimum absolute atomic E-state index is 0.0910. The first-order valence-electron chi connectivity index (χ1n) is 10.6. The number of hydrogen-bond donors (Lipinski definition) is 0. The highest BCUT2D eigenvalue weighted by molar-refractivity contribution is 6.02. The van der Waals surface area contributed by atoms with E-state index in [1.807, 2.05) is 29.2 Å². The smallest absolute Gasteiger partial charge is 0.229 e. The summed E-state index contributed by atoms with van der Waals surface area (Å²) in [5.41, 5.74) is 0.531. The van der Waals surface area contributed by atoms with Crippen molar-refractivity contribution in [3.8, 4) is 5.75 Å². The molecule has 0 N–H and O–H groups in total. The standard InChI is InChI=1S/C23H29NO3/c1-27-19-6-4-18(5-7-19)21(25)20-3-2-8-24(20)22(26)23-12-15-9-16(13-23)11-17(10-15)14-23/h4-7,15-17,20H,2-3,8-14H2,1H3. The highest BCUT2D eigenvalue weighted by Gasteiger charge is 2.56. The van der Waals surface area contributed by atoms with Gasteiger partial charge < -0.3 is 9.64 Å². The van der Waals surface area contributed by atoms with Crippen molar-refractivity contribution < 1.29 is 14.3 Å². The quantitative estimate of drug-likeness (QED) is 0.753. The number of carbonyl (C=O) groups excluding carboxylic acids is 2. The number of amides is 1. The van der Waals surface area contributed by atoms with E-state index in [1.165, 1.54) is 19.3 Å². The first-order valence-corrected chi connectivity index (χ1v) is 10.6. The zero-order valence-electron chi connectivity index (χ0n) is 16.2. The molecule has 1 aromatic rings. The van der Waals surface area contributed by atoms with E-state index in [-0.39, 0.29) is 17.2 Å². The van der Waals surface area contributed by atoms with Crippen molar-refractivity contribution in [3.63, 3.8) is 0 Å². The van der Waals surface area contributed by atoms with E-state index in [9.17, 15) is 9.59 Å². The van der Waals surface area contributed by atoms with E-state index in [0.29, 0.717) is 11.5 Å². The maximum Gasteiger partial charge on any atom is 0.229 e. The summed E-state index contributed by atoms with van der Waals surface area (Å²) < 4.78 is 5.20.